The van der Waals surface area contributed by atoms with Gasteiger partial charge in [0.15, 0.2) is 0 Å². The minimum atomic E-state index is -4.30. The topological polar surface area (TPSA) is 32.3 Å². The number of alkyl halides is 3. The van der Waals surface area contributed by atoms with Crippen molar-refractivity contribution in [2.45, 2.75) is 32.5 Å². The number of carbonyl (C=O) groups is 1. The van der Waals surface area contributed by atoms with Gasteiger partial charge in [0.1, 0.15) is 0 Å². The molecule has 0 atom stereocenters. The van der Waals surface area contributed by atoms with Crippen molar-refractivity contribution < 1.29 is 18.0 Å². The van der Waals surface area contributed by atoms with Crippen molar-refractivity contribution in [2.75, 3.05) is 20.1 Å². The van der Waals surface area contributed by atoms with Gasteiger partial charge in [-0.25, -0.2) is 0 Å². The lowest BCUT2D eigenvalue weighted by Gasteiger charge is -2.18. The van der Waals surface area contributed by atoms with Crippen LogP contribution in [0.4, 0.5) is 13.2 Å². The predicted molar refractivity (Wildman–Crippen MR) is 75.9 cm³/mol. The molecule has 118 valence electrons. The van der Waals surface area contributed by atoms with E-state index in [1.54, 1.807) is 7.05 Å². The van der Waals surface area contributed by atoms with Gasteiger partial charge in [0.2, 0.25) is 5.91 Å². The van der Waals surface area contributed by atoms with E-state index >= 15 is 0 Å². The summed E-state index contributed by atoms with van der Waals surface area (Å²) in [6.45, 7) is 3.09. The molecule has 0 radical (unpaired) electrons. The van der Waals surface area contributed by atoms with Crippen LogP contribution in [-0.2, 0) is 11.3 Å². The SMILES string of the molecule is CC(C)c1ccc(CN(C)C(=O)CNCC(F)(F)F)cc1. The lowest BCUT2D eigenvalue weighted by Crippen LogP contribution is -2.38. The van der Waals surface area contributed by atoms with Crippen LogP contribution < -0.4 is 5.32 Å². The highest BCUT2D eigenvalue weighted by atomic mass is 19.4. The molecule has 0 aliphatic carbocycles. The smallest absolute Gasteiger partial charge is 0.340 e. The Morgan fingerprint density at radius 2 is 1.81 bits per heavy atom. The molecule has 0 saturated heterocycles. The predicted octanol–water partition coefficient (Wildman–Crippen LogP) is 2.92. The molecule has 0 spiro atoms. The number of rotatable bonds is 6. The lowest BCUT2D eigenvalue weighted by atomic mass is 10.0. The minimum absolute atomic E-state index is 0.319. The summed E-state index contributed by atoms with van der Waals surface area (Å²) in [4.78, 5) is 13.1. The first-order chi connectivity index (χ1) is 9.69. The van der Waals surface area contributed by atoms with E-state index in [-0.39, 0.29) is 12.5 Å². The van der Waals surface area contributed by atoms with E-state index in [1.165, 1.54) is 10.5 Å². The lowest BCUT2D eigenvalue weighted by molar-refractivity contribution is -0.133. The van der Waals surface area contributed by atoms with Crippen molar-refractivity contribution in [1.82, 2.24) is 10.2 Å². The van der Waals surface area contributed by atoms with Crippen LogP contribution in [0.2, 0.25) is 0 Å². The van der Waals surface area contributed by atoms with E-state index in [4.69, 9.17) is 0 Å². The standard InChI is InChI=1S/C15H21F3N2O/c1-11(2)13-6-4-12(5-7-13)9-20(3)14(21)8-19-10-15(16,17)18/h4-7,11,19H,8-10H2,1-3H3. The van der Waals surface area contributed by atoms with Crippen LogP contribution in [0.15, 0.2) is 24.3 Å². The second-order valence-electron chi connectivity index (χ2n) is 5.36. The fourth-order valence-corrected chi connectivity index (χ4v) is 1.82. The molecule has 0 bridgehead atoms. The summed E-state index contributed by atoms with van der Waals surface area (Å²) >= 11 is 0. The van der Waals surface area contributed by atoms with E-state index in [2.05, 4.69) is 19.2 Å². The zero-order valence-corrected chi connectivity index (χ0v) is 12.5. The van der Waals surface area contributed by atoms with Crippen molar-refractivity contribution in [3.8, 4) is 0 Å². The molecule has 6 heteroatoms. The Morgan fingerprint density at radius 1 is 1.24 bits per heavy atom. The van der Waals surface area contributed by atoms with Gasteiger partial charge in [-0.05, 0) is 17.0 Å². The summed E-state index contributed by atoms with van der Waals surface area (Å²) in [6, 6.07) is 7.87. The largest absolute Gasteiger partial charge is 0.401 e. The highest BCUT2D eigenvalue weighted by molar-refractivity contribution is 5.77. The molecule has 1 aromatic rings. The number of halogens is 3. The molecule has 0 fully saturated rings. The Labute approximate surface area is 123 Å². The molecule has 1 N–H and O–H groups in total. The van der Waals surface area contributed by atoms with Crippen molar-refractivity contribution in [2.24, 2.45) is 0 Å². The first-order valence-corrected chi connectivity index (χ1v) is 6.79. The number of benzene rings is 1. The Morgan fingerprint density at radius 3 is 2.29 bits per heavy atom. The average Bonchev–Trinajstić information content (AvgIpc) is 2.37. The van der Waals surface area contributed by atoms with Crippen LogP contribution in [0.25, 0.3) is 0 Å². The Kier molecular flexibility index (Phi) is 6.20. The summed E-state index contributed by atoms with van der Waals surface area (Å²) in [5, 5.41) is 2.10. The molecule has 0 aromatic heterocycles. The monoisotopic (exact) mass is 302 g/mol. The molecule has 0 heterocycles. The molecule has 1 amide bonds. The molecule has 21 heavy (non-hydrogen) atoms. The molecule has 0 aliphatic rings. The maximum atomic E-state index is 12.0. The van der Waals surface area contributed by atoms with E-state index in [0.717, 1.165) is 5.56 Å². The third-order valence-corrected chi connectivity index (χ3v) is 3.09. The average molecular weight is 302 g/mol. The number of carbonyl (C=O) groups excluding carboxylic acids is 1. The van der Waals surface area contributed by atoms with Gasteiger partial charge in [-0.15, -0.1) is 0 Å². The molecular formula is C15H21F3N2O. The van der Waals surface area contributed by atoms with Gasteiger partial charge >= 0.3 is 6.18 Å². The van der Waals surface area contributed by atoms with Crippen LogP contribution in [0, 0.1) is 0 Å². The molecular weight excluding hydrogens is 281 g/mol. The van der Waals surface area contributed by atoms with Crippen LogP contribution in [0.5, 0.6) is 0 Å². The van der Waals surface area contributed by atoms with E-state index in [1.807, 2.05) is 24.3 Å². The van der Waals surface area contributed by atoms with E-state index < -0.39 is 12.7 Å². The number of amides is 1. The van der Waals surface area contributed by atoms with Gasteiger partial charge in [0, 0.05) is 13.6 Å². The Hall–Kier alpha value is -1.56. The molecule has 0 aliphatic heterocycles. The van der Waals surface area contributed by atoms with Crippen LogP contribution in [-0.4, -0.2) is 37.1 Å². The fraction of sp³-hybridized carbons (Fsp3) is 0.533. The van der Waals surface area contributed by atoms with Crippen LogP contribution >= 0.6 is 0 Å². The normalized spacial score (nSPS) is 11.8. The number of nitrogens with zero attached hydrogens (tertiary/aromatic N) is 1. The summed E-state index contributed by atoms with van der Waals surface area (Å²) in [7, 11) is 1.58. The van der Waals surface area contributed by atoms with Crippen molar-refractivity contribution >= 4 is 5.91 Å². The van der Waals surface area contributed by atoms with Crippen molar-refractivity contribution in [3.63, 3.8) is 0 Å². The summed E-state index contributed by atoms with van der Waals surface area (Å²) in [5.74, 6) is 0.0668. The second kappa shape index (κ2) is 7.45. The van der Waals surface area contributed by atoms with E-state index in [0.29, 0.717) is 12.5 Å². The van der Waals surface area contributed by atoms with E-state index in [9.17, 15) is 18.0 Å². The first kappa shape index (κ1) is 17.5. The molecule has 0 unspecified atom stereocenters. The maximum Gasteiger partial charge on any atom is 0.401 e. The van der Waals surface area contributed by atoms with Crippen molar-refractivity contribution in [3.05, 3.63) is 35.4 Å². The molecule has 3 nitrogen and oxygen atoms in total. The molecule has 1 aromatic carbocycles. The maximum absolute atomic E-state index is 12.0. The number of nitrogens with one attached hydrogen (secondary N) is 1. The first-order valence-electron chi connectivity index (χ1n) is 6.79. The zero-order valence-electron chi connectivity index (χ0n) is 12.5. The Bertz CT molecular complexity index is 455. The highest BCUT2D eigenvalue weighted by Gasteiger charge is 2.26. The fourth-order valence-electron chi connectivity index (χ4n) is 1.82. The third kappa shape index (κ3) is 6.62. The summed E-state index contributed by atoms with van der Waals surface area (Å²) in [5.41, 5.74) is 2.16. The number of likely N-dealkylation sites (N-methyl/N-ethyl adjacent to an activating group) is 1. The number of hydrogen-bond donors (Lipinski definition) is 1. The summed E-state index contributed by atoms with van der Waals surface area (Å²) in [6.07, 6.45) is -4.30. The van der Waals surface area contributed by atoms with Crippen LogP contribution in [0.3, 0.4) is 0 Å². The van der Waals surface area contributed by atoms with Gasteiger partial charge in [0.25, 0.3) is 0 Å². The Balaban J connectivity index is 2.44. The molecule has 1 rings (SSSR count). The quantitative estimate of drug-likeness (QED) is 0.876. The van der Waals surface area contributed by atoms with Gasteiger partial charge < -0.3 is 10.2 Å². The number of hydrogen-bond acceptors (Lipinski definition) is 2. The van der Waals surface area contributed by atoms with Gasteiger partial charge in [-0.2, -0.15) is 13.2 Å². The highest BCUT2D eigenvalue weighted by Crippen LogP contribution is 2.15. The third-order valence-electron chi connectivity index (χ3n) is 3.09. The van der Waals surface area contributed by atoms with Gasteiger partial charge in [-0.1, -0.05) is 38.1 Å². The second-order valence-corrected chi connectivity index (χ2v) is 5.36. The molecule has 0 saturated carbocycles. The zero-order chi connectivity index (χ0) is 16.0. The summed E-state index contributed by atoms with van der Waals surface area (Å²) < 4.78 is 35.9. The minimum Gasteiger partial charge on any atom is -0.340 e. The van der Waals surface area contributed by atoms with Crippen LogP contribution in [0.1, 0.15) is 30.9 Å². The van der Waals surface area contributed by atoms with Gasteiger partial charge in [0.05, 0.1) is 13.1 Å². The van der Waals surface area contributed by atoms with Gasteiger partial charge in [-0.3, -0.25) is 4.79 Å². The van der Waals surface area contributed by atoms with Crippen molar-refractivity contribution in [1.29, 1.82) is 0 Å².